The molecule has 0 spiro atoms. The number of amides is 1. The lowest BCUT2D eigenvalue weighted by Gasteiger charge is -2.12. The van der Waals surface area contributed by atoms with E-state index in [0.717, 1.165) is 40.5 Å². The summed E-state index contributed by atoms with van der Waals surface area (Å²) in [4.78, 5) is 19.4. The van der Waals surface area contributed by atoms with Gasteiger partial charge in [-0.15, -0.1) is 0 Å². The Bertz CT molecular complexity index is 993. The fourth-order valence-corrected chi connectivity index (χ4v) is 3.31. The van der Waals surface area contributed by atoms with Crippen LogP contribution in [0.15, 0.2) is 42.7 Å². The quantitative estimate of drug-likeness (QED) is 0.725. The van der Waals surface area contributed by atoms with Gasteiger partial charge in [0.2, 0.25) is 0 Å². The topological polar surface area (TPSA) is 60.2 Å². The monoisotopic (exact) mass is 348 g/mol. The molecular formula is C20H20N4O2. The molecule has 6 heteroatoms. The van der Waals surface area contributed by atoms with Crippen molar-refractivity contribution < 1.29 is 9.53 Å². The summed E-state index contributed by atoms with van der Waals surface area (Å²) in [6.07, 6.45) is 3.62. The second kappa shape index (κ2) is 6.29. The third-order valence-electron chi connectivity index (χ3n) is 4.68. The molecule has 26 heavy (non-hydrogen) atoms. The fraction of sp³-hybridized carbons (Fsp3) is 0.250. The van der Waals surface area contributed by atoms with Crippen LogP contribution in [0, 0.1) is 6.92 Å². The molecule has 0 atom stereocenters. The van der Waals surface area contributed by atoms with Crippen LogP contribution in [-0.4, -0.2) is 27.8 Å². The van der Waals surface area contributed by atoms with Crippen molar-refractivity contribution >= 4 is 11.6 Å². The van der Waals surface area contributed by atoms with Gasteiger partial charge in [-0.1, -0.05) is 12.1 Å². The van der Waals surface area contributed by atoms with E-state index >= 15 is 0 Å². The van der Waals surface area contributed by atoms with Crippen LogP contribution < -0.4 is 9.64 Å². The van der Waals surface area contributed by atoms with Crippen LogP contribution in [0.4, 0.5) is 5.69 Å². The number of fused-ring (bicyclic) bond motifs is 1. The number of aromatic nitrogens is 3. The first-order valence-electron chi connectivity index (χ1n) is 8.60. The Morgan fingerprint density at radius 3 is 2.85 bits per heavy atom. The Morgan fingerprint density at radius 1 is 1.27 bits per heavy atom. The van der Waals surface area contributed by atoms with Gasteiger partial charge in [-0.3, -0.25) is 19.4 Å². The molecule has 6 nitrogen and oxygen atoms in total. The molecule has 1 aromatic carbocycles. The minimum Gasteiger partial charge on any atom is -0.497 e. The highest BCUT2D eigenvalue weighted by molar-refractivity contribution is 6.10. The Hall–Kier alpha value is -3.15. The van der Waals surface area contributed by atoms with Gasteiger partial charge in [0.15, 0.2) is 0 Å². The number of pyridine rings is 1. The Kier molecular flexibility index (Phi) is 3.95. The Morgan fingerprint density at radius 2 is 2.12 bits per heavy atom. The number of hydrogen-bond donors (Lipinski definition) is 0. The second-order valence-electron chi connectivity index (χ2n) is 6.32. The van der Waals surface area contributed by atoms with E-state index in [2.05, 4.69) is 5.10 Å². The van der Waals surface area contributed by atoms with E-state index in [0.29, 0.717) is 12.1 Å². The maximum Gasteiger partial charge on any atom is 0.260 e. The van der Waals surface area contributed by atoms with Gasteiger partial charge in [0, 0.05) is 18.3 Å². The molecule has 0 fully saturated rings. The molecule has 0 aliphatic carbocycles. The predicted octanol–water partition coefficient (Wildman–Crippen LogP) is 3.44. The van der Waals surface area contributed by atoms with Crippen LogP contribution in [0.25, 0.3) is 11.3 Å². The second-order valence-corrected chi connectivity index (χ2v) is 6.32. The van der Waals surface area contributed by atoms with Crippen molar-refractivity contribution in [2.24, 2.45) is 0 Å². The highest BCUT2D eigenvalue weighted by atomic mass is 16.5. The van der Waals surface area contributed by atoms with Crippen molar-refractivity contribution in [1.82, 2.24) is 14.8 Å². The standard InChI is InChI=1S/C20H20N4O2/c1-4-23-11-15(10-21-23)24-12-18-19(20(24)25)13(2)8-17(22-18)14-6-5-7-16(9-14)26-3/h5-11H,4,12H2,1-3H3. The van der Waals surface area contributed by atoms with Gasteiger partial charge in [0.1, 0.15) is 5.75 Å². The Labute approximate surface area is 152 Å². The van der Waals surface area contributed by atoms with Gasteiger partial charge in [-0.25, -0.2) is 0 Å². The van der Waals surface area contributed by atoms with Crippen LogP contribution in [0.3, 0.4) is 0 Å². The van der Waals surface area contributed by atoms with E-state index in [-0.39, 0.29) is 5.91 Å². The summed E-state index contributed by atoms with van der Waals surface area (Å²) in [5.41, 5.74) is 5.05. The summed E-state index contributed by atoms with van der Waals surface area (Å²) in [6.45, 7) is 5.21. The van der Waals surface area contributed by atoms with Gasteiger partial charge in [-0.2, -0.15) is 5.10 Å². The van der Waals surface area contributed by atoms with E-state index in [4.69, 9.17) is 9.72 Å². The molecule has 3 heterocycles. The number of methoxy groups -OCH3 is 1. The number of carbonyl (C=O) groups excluding carboxylic acids is 1. The molecule has 2 aromatic heterocycles. The number of anilines is 1. The molecule has 0 unspecified atom stereocenters. The van der Waals surface area contributed by atoms with Gasteiger partial charge >= 0.3 is 0 Å². The molecule has 1 aliphatic rings. The molecule has 1 aliphatic heterocycles. The molecule has 0 bridgehead atoms. The molecule has 0 saturated carbocycles. The van der Waals surface area contributed by atoms with Crippen molar-refractivity contribution in [1.29, 1.82) is 0 Å². The summed E-state index contributed by atoms with van der Waals surface area (Å²) in [5, 5.41) is 4.27. The summed E-state index contributed by atoms with van der Waals surface area (Å²) >= 11 is 0. The third-order valence-corrected chi connectivity index (χ3v) is 4.68. The van der Waals surface area contributed by atoms with E-state index in [1.54, 1.807) is 18.2 Å². The van der Waals surface area contributed by atoms with Crippen molar-refractivity contribution in [3.8, 4) is 17.0 Å². The number of carbonyl (C=O) groups is 1. The average Bonchev–Trinajstić information content (AvgIpc) is 3.26. The number of aryl methyl sites for hydroxylation is 2. The normalized spacial score (nSPS) is 13.2. The van der Waals surface area contributed by atoms with Gasteiger partial charge in [0.25, 0.3) is 5.91 Å². The van der Waals surface area contributed by atoms with Crippen LogP contribution >= 0.6 is 0 Å². The minimum atomic E-state index is -0.0159. The maximum atomic E-state index is 12.9. The molecular weight excluding hydrogens is 328 g/mol. The first-order valence-corrected chi connectivity index (χ1v) is 8.60. The van der Waals surface area contributed by atoms with Gasteiger partial charge in [-0.05, 0) is 37.6 Å². The lowest BCUT2D eigenvalue weighted by atomic mass is 10.0. The van der Waals surface area contributed by atoms with Crippen LogP contribution in [0.1, 0.15) is 28.5 Å². The molecule has 0 N–H and O–H groups in total. The molecule has 4 rings (SSSR count). The van der Waals surface area contributed by atoms with Crippen LogP contribution in [-0.2, 0) is 13.1 Å². The zero-order valence-electron chi connectivity index (χ0n) is 15.1. The van der Waals surface area contributed by atoms with Crippen LogP contribution in [0.5, 0.6) is 5.75 Å². The van der Waals surface area contributed by atoms with Crippen molar-refractivity contribution in [2.75, 3.05) is 12.0 Å². The van der Waals surface area contributed by atoms with E-state index in [1.807, 2.05) is 55.1 Å². The smallest absolute Gasteiger partial charge is 0.260 e. The number of nitrogens with zero attached hydrogens (tertiary/aromatic N) is 4. The van der Waals surface area contributed by atoms with Crippen LogP contribution in [0.2, 0.25) is 0 Å². The third kappa shape index (κ3) is 2.63. The molecule has 132 valence electrons. The highest BCUT2D eigenvalue weighted by Crippen LogP contribution is 2.32. The highest BCUT2D eigenvalue weighted by Gasteiger charge is 2.32. The average molecular weight is 348 g/mol. The Balaban J connectivity index is 1.73. The SMILES string of the molecule is CCn1cc(N2Cc3nc(-c4cccc(OC)c4)cc(C)c3C2=O)cn1. The van der Waals surface area contributed by atoms with Gasteiger partial charge in [0.05, 0.1) is 42.5 Å². The lowest BCUT2D eigenvalue weighted by Crippen LogP contribution is -2.22. The van der Waals surface area contributed by atoms with E-state index in [1.165, 1.54) is 0 Å². The number of rotatable bonds is 4. The van der Waals surface area contributed by atoms with E-state index in [9.17, 15) is 4.79 Å². The fourth-order valence-electron chi connectivity index (χ4n) is 3.31. The van der Waals surface area contributed by atoms with Crippen molar-refractivity contribution in [3.63, 3.8) is 0 Å². The van der Waals surface area contributed by atoms with Crippen molar-refractivity contribution in [2.45, 2.75) is 26.9 Å². The summed E-state index contributed by atoms with van der Waals surface area (Å²) in [6, 6.07) is 9.75. The lowest BCUT2D eigenvalue weighted by molar-refractivity contribution is 0.0996. The zero-order valence-corrected chi connectivity index (χ0v) is 15.1. The largest absolute Gasteiger partial charge is 0.497 e. The molecule has 0 saturated heterocycles. The summed E-state index contributed by atoms with van der Waals surface area (Å²) in [7, 11) is 1.65. The van der Waals surface area contributed by atoms with Crippen molar-refractivity contribution in [3.05, 3.63) is 59.5 Å². The summed E-state index contributed by atoms with van der Waals surface area (Å²) < 4.78 is 7.12. The number of ether oxygens (including phenoxy) is 1. The molecule has 3 aromatic rings. The predicted molar refractivity (Wildman–Crippen MR) is 99.4 cm³/mol. The first kappa shape index (κ1) is 16.3. The maximum absolute atomic E-state index is 12.9. The summed E-state index contributed by atoms with van der Waals surface area (Å²) in [5.74, 6) is 0.768. The number of benzene rings is 1. The zero-order chi connectivity index (χ0) is 18.3. The molecule has 1 amide bonds. The van der Waals surface area contributed by atoms with E-state index < -0.39 is 0 Å². The minimum absolute atomic E-state index is 0.0159. The number of hydrogen-bond acceptors (Lipinski definition) is 4. The van der Waals surface area contributed by atoms with Gasteiger partial charge < -0.3 is 4.74 Å². The first-order chi connectivity index (χ1) is 12.6. The molecule has 0 radical (unpaired) electrons.